The van der Waals surface area contributed by atoms with Crippen molar-refractivity contribution in [2.75, 3.05) is 5.32 Å². The van der Waals surface area contributed by atoms with Gasteiger partial charge in [-0.05, 0) is 60.4 Å². The fraction of sp³-hybridized carbons (Fsp3) is 0.333. The summed E-state index contributed by atoms with van der Waals surface area (Å²) in [5.41, 5.74) is 4.82. The molecule has 0 spiro atoms. The molecule has 3 unspecified atom stereocenters. The Labute approximate surface area is 129 Å². The maximum absolute atomic E-state index is 10.3. The number of phenolic OH excluding ortho intramolecular Hbond substituents is 1. The van der Waals surface area contributed by atoms with E-state index in [4.69, 9.17) is 0 Å². The number of hydrogen-bond acceptors (Lipinski definition) is 3. The zero-order valence-corrected chi connectivity index (χ0v) is 13.1. The highest BCUT2D eigenvalue weighted by Crippen LogP contribution is 2.53. The van der Waals surface area contributed by atoms with Gasteiger partial charge in [0, 0.05) is 10.8 Å². The lowest BCUT2D eigenvalue weighted by Crippen LogP contribution is -2.29. The average molecular weight is 297 g/mol. The molecule has 3 heteroatoms. The van der Waals surface area contributed by atoms with Crippen molar-refractivity contribution in [3.8, 4) is 5.75 Å². The van der Waals surface area contributed by atoms with Crippen LogP contribution < -0.4 is 5.32 Å². The Balaban J connectivity index is 1.88. The van der Waals surface area contributed by atoms with Crippen LogP contribution in [-0.2, 0) is 0 Å². The van der Waals surface area contributed by atoms with Crippen LogP contribution in [0.25, 0.3) is 0 Å². The summed E-state index contributed by atoms with van der Waals surface area (Å²) >= 11 is 1.82. The normalized spacial score (nSPS) is 26.3. The summed E-state index contributed by atoms with van der Waals surface area (Å²) in [5, 5.41) is 16.1. The third-order valence-electron chi connectivity index (χ3n) is 4.90. The molecule has 0 fully saturated rings. The lowest BCUT2D eigenvalue weighted by atomic mass is 9.76. The van der Waals surface area contributed by atoms with Crippen molar-refractivity contribution in [2.45, 2.75) is 32.2 Å². The predicted octanol–water partition coefficient (Wildman–Crippen LogP) is 4.90. The van der Waals surface area contributed by atoms with E-state index in [0.717, 1.165) is 12.1 Å². The number of fused-ring (bicyclic) bond motifs is 3. The van der Waals surface area contributed by atoms with Crippen LogP contribution in [0.4, 0.5) is 5.69 Å². The molecule has 0 amide bonds. The van der Waals surface area contributed by atoms with Crippen LogP contribution in [0, 0.1) is 19.8 Å². The molecule has 1 aromatic heterocycles. The first-order valence-electron chi connectivity index (χ1n) is 7.46. The molecule has 2 heterocycles. The Morgan fingerprint density at radius 1 is 1.19 bits per heavy atom. The minimum atomic E-state index is 0.296. The SMILES string of the molecule is Cc1ccsc1C1Nc2c(O)ccc(C)c2C2C=CCC21. The van der Waals surface area contributed by atoms with Crippen LogP contribution in [0.15, 0.2) is 35.7 Å². The molecule has 0 saturated heterocycles. The van der Waals surface area contributed by atoms with Crippen molar-refractivity contribution < 1.29 is 5.11 Å². The molecule has 1 aromatic carbocycles. The van der Waals surface area contributed by atoms with E-state index < -0.39 is 0 Å². The van der Waals surface area contributed by atoms with Gasteiger partial charge in [-0.25, -0.2) is 0 Å². The van der Waals surface area contributed by atoms with Crippen LogP contribution in [0.3, 0.4) is 0 Å². The molecule has 1 aliphatic carbocycles. The van der Waals surface area contributed by atoms with E-state index in [2.05, 4.69) is 42.8 Å². The number of aryl methyl sites for hydroxylation is 2. The molecule has 0 saturated carbocycles. The second kappa shape index (κ2) is 4.63. The third-order valence-corrected chi connectivity index (χ3v) is 6.00. The van der Waals surface area contributed by atoms with E-state index in [-0.39, 0.29) is 0 Å². The van der Waals surface area contributed by atoms with Gasteiger partial charge in [0.25, 0.3) is 0 Å². The molecule has 3 atom stereocenters. The van der Waals surface area contributed by atoms with Gasteiger partial charge in [0.2, 0.25) is 0 Å². The highest BCUT2D eigenvalue weighted by molar-refractivity contribution is 7.10. The molecule has 2 N–H and O–H groups in total. The van der Waals surface area contributed by atoms with Gasteiger partial charge in [0.05, 0.1) is 11.7 Å². The molecule has 0 radical (unpaired) electrons. The summed E-state index contributed by atoms with van der Waals surface area (Å²) < 4.78 is 0. The molecule has 4 rings (SSSR count). The number of anilines is 1. The Morgan fingerprint density at radius 2 is 2.05 bits per heavy atom. The number of rotatable bonds is 1. The fourth-order valence-electron chi connectivity index (χ4n) is 3.84. The van der Waals surface area contributed by atoms with E-state index in [1.807, 2.05) is 17.4 Å². The van der Waals surface area contributed by atoms with Crippen LogP contribution in [0.2, 0.25) is 0 Å². The molecule has 2 nitrogen and oxygen atoms in total. The lowest BCUT2D eigenvalue weighted by molar-refractivity contribution is 0.417. The van der Waals surface area contributed by atoms with Gasteiger partial charge >= 0.3 is 0 Å². The Hall–Kier alpha value is -1.74. The number of allylic oxidation sites excluding steroid dienone is 2. The minimum absolute atomic E-state index is 0.296. The molecule has 0 bridgehead atoms. The van der Waals surface area contributed by atoms with Crippen molar-refractivity contribution in [3.63, 3.8) is 0 Å². The summed E-state index contributed by atoms with van der Waals surface area (Å²) in [7, 11) is 0. The Bertz CT molecular complexity index is 731. The maximum atomic E-state index is 10.3. The summed E-state index contributed by atoms with van der Waals surface area (Å²) in [6.45, 7) is 4.32. The zero-order chi connectivity index (χ0) is 14.6. The lowest BCUT2D eigenvalue weighted by Gasteiger charge is -2.38. The van der Waals surface area contributed by atoms with Crippen molar-refractivity contribution in [3.05, 3.63) is 57.3 Å². The maximum Gasteiger partial charge on any atom is 0.139 e. The Kier molecular flexibility index (Phi) is 2.86. The molecule has 2 aromatic rings. The molecular formula is C18H19NOS. The monoisotopic (exact) mass is 297 g/mol. The number of nitrogens with one attached hydrogen (secondary N) is 1. The van der Waals surface area contributed by atoms with E-state index >= 15 is 0 Å². The Morgan fingerprint density at radius 3 is 2.81 bits per heavy atom. The van der Waals surface area contributed by atoms with Crippen LogP contribution in [-0.4, -0.2) is 5.11 Å². The van der Waals surface area contributed by atoms with E-state index in [9.17, 15) is 5.11 Å². The summed E-state index contributed by atoms with van der Waals surface area (Å²) in [6.07, 6.45) is 5.73. The molecule has 2 aliphatic rings. The first kappa shape index (κ1) is 13.0. The summed E-state index contributed by atoms with van der Waals surface area (Å²) in [4.78, 5) is 1.40. The number of hydrogen-bond donors (Lipinski definition) is 2. The molecule has 21 heavy (non-hydrogen) atoms. The van der Waals surface area contributed by atoms with Gasteiger partial charge in [0.1, 0.15) is 5.75 Å². The van der Waals surface area contributed by atoms with Crippen molar-refractivity contribution in [2.24, 2.45) is 5.92 Å². The van der Waals surface area contributed by atoms with E-state index in [0.29, 0.717) is 23.6 Å². The van der Waals surface area contributed by atoms with Gasteiger partial charge in [-0.1, -0.05) is 18.2 Å². The highest BCUT2D eigenvalue weighted by Gasteiger charge is 2.40. The number of benzene rings is 1. The van der Waals surface area contributed by atoms with E-state index in [1.54, 1.807) is 6.07 Å². The minimum Gasteiger partial charge on any atom is -0.506 e. The van der Waals surface area contributed by atoms with Gasteiger partial charge in [-0.3, -0.25) is 0 Å². The molecule has 108 valence electrons. The number of aromatic hydroxyl groups is 1. The van der Waals surface area contributed by atoms with Crippen molar-refractivity contribution >= 4 is 17.0 Å². The van der Waals surface area contributed by atoms with E-state index in [1.165, 1.54) is 21.6 Å². The molecular weight excluding hydrogens is 278 g/mol. The molecule has 1 aliphatic heterocycles. The topological polar surface area (TPSA) is 32.3 Å². The second-order valence-corrected chi connectivity index (χ2v) is 7.08. The standard InChI is InChI=1S/C18H19NOS/c1-10-6-7-14(20)17-15(10)12-4-3-5-13(12)16(19-17)18-11(2)8-9-21-18/h3-4,6-9,12-13,16,19-20H,5H2,1-2H3. The van der Waals surface area contributed by atoms with Crippen molar-refractivity contribution in [1.82, 2.24) is 0 Å². The number of thiophene rings is 1. The van der Waals surface area contributed by atoms with Gasteiger partial charge in [-0.15, -0.1) is 11.3 Å². The summed E-state index contributed by atoms with van der Waals surface area (Å²) in [6, 6.07) is 6.31. The zero-order valence-electron chi connectivity index (χ0n) is 12.3. The summed E-state index contributed by atoms with van der Waals surface area (Å²) in [5.74, 6) is 1.34. The number of phenols is 1. The van der Waals surface area contributed by atoms with Crippen LogP contribution in [0.1, 0.15) is 39.9 Å². The van der Waals surface area contributed by atoms with Gasteiger partial charge in [0.15, 0.2) is 0 Å². The van der Waals surface area contributed by atoms with Crippen molar-refractivity contribution in [1.29, 1.82) is 0 Å². The largest absolute Gasteiger partial charge is 0.506 e. The van der Waals surface area contributed by atoms with Crippen LogP contribution >= 0.6 is 11.3 Å². The van der Waals surface area contributed by atoms with Crippen LogP contribution in [0.5, 0.6) is 5.75 Å². The third kappa shape index (κ3) is 1.84. The quantitative estimate of drug-likeness (QED) is 0.580. The predicted molar refractivity (Wildman–Crippen MR) is 88.3 cm³/mol. The van der Waals surface area contributed by atoms with Gasteiger partial charge < -0.3 is 10.4 Å². The average Bonchev–Trinajstić information content (AvgIpc) is 3.10. The van der Waals surface area contributed by atoms with Gasteiger partial charge in [-0.2, -0.15) is 0 Å². The fourth-order valence-corrected chi connectivity index (χ4v) is 4.90. The highest BCUT2D eigenvalue weighted by atomic mass is 32.1. The first-order valence-corrected chi connectivity index (χ1v) is 8.34. The second-order valence-electron chi connectivity index (χ2n) is 6.13. The smallest absolute Gasteiger partial charge is 0.139 e. The first-order chi connectivity index (χ1) is 10.2.